The van der Waals surface area contributed by atoms with Crippen molar-refractivity contribution >= 4 is 35.5 Å². The molecule has 2 atom stereocenters. The first-order valence-corrected chi connectivity index (χ1v) is 7.62. The Morgan fingerprint density at radius 2 is 1.87 bits per heavy atom. The molecule has 0 aromatic rings. The summed E-state index contributed by atoms with van der Waals surface area (Å²) in [6, 6.07) is -2.40. The quantitative estimate of drug-likeness (QED) is 0.153. The molecule has 0 rings (SSSR count). The number of nitrogens with one attached hydrogen (secondary N) is 2. The minimum Gasteiger partial charge on any atom is -0.635 e. The number of aliphatic carboxylic acids is 2. The number of aliphatic hydroxyl groups is 1. The molecule has 0 aliphatic heterocycles. The molecule has 0 aliphatic rings. The number of hydroxylamine groups is 1. The Bertz CT molecular complexity index is 433. The van der Waals surface area contributed by atoms with E-state index in [0.717, 1.165) is 11.8 Å². The van der Waals surface area contributed by atoms with E-state index in [1.807, 2.05) is 0 Å². The number of quaternary nitrogens is 1. The third-order valence-electron chi connectivity index (χ3n) is 2.61. The summed E-state index contributed by atoms with van der Waals surface area (Å²) in [7, 11) is 0. The van der Waals surface area contributed by atoms with Gasteiger partial charge < -0.3 is 36.6 Å². The maximum Gasteiger partial charge on any atom is 0.362 e. The topological polar surface area (TPSA) is 193 Å². The van der Waals surface area contributed by atoms with Crippen molar-refractivity contribution in [1.82, 2.24) is 10.6 Å². The Hall–Kier alpha value is -1.89. The normalized spacial score (nSPS) is 13.0. The molecule has 0 aromatic heterocycles. The molecule has 0 saturated heterocycles. The summed E-state index contributed by atoms with van der Waals surface area (Å²) in [5.41, 5.74) is 0.217. The molecule has 0 fully saturated rings. The van der Waals surface area contributed by atoms with Crippen LogP contribution in [-0.2, 0) is 19.2 Å². The van der Waals surface area contributed by atoms with E-state index in [2.05, 4.69) is 10.6 Å². The van der Waals surface area contributed by atoms with Gasteiger partial charge in [0.15, 0.2) is 6.04 Å². The zero-order valence-electron chi connectivity index (χ0n) is 12.1. The first kappa shape index (κ1) is 21.1. The van der Waals surface area contributed by atoms with Crippen molar-refractivity contribution in [1.29, 1.82) is 0 Å². The van der Waals surface area contributed by atoms with Crippen LogP contribution in [0.4, 0.5) is 0 Å². The van der Waals surface area contributed by atoms with Gasteiger partial charge in [0.2, 0.25) is 11.8 Å². The number of aliphatic hydroxyl groups excluding tert-OH is 1. The lowest BCUT2D eigenvalue weighted by Gasteiger charge is -2.18. The van der Waals surface area contributed by atoms with Crippen LogP contribution in [0, 0.1) is 5.21 Å². The Morgan fingerprint density at radius 3 is 2.35 bits per heavy atom. The van der Waals surface area contributed by atoms with Crippen LogP contribution in [0.2, 0.25) is 0 Å². The average Bonchev–Trinajstić information content (AvgIpc) is 2.49. The Morgan fingerprint density at radius 1 is 1.22 bits per heavy atom. The summed E-state index contributed by atoms with van der Waals surface area (Å²) >= 11 is 0.937. The standard InChI is InChI=1S/C11H19N3O8S/c15-5-23-4-7(10(19)12-3-9(17)18)13-8(16)2-1-6(14-22)11(20)21/h6-7,15H,1-5,14H2,(H,12,19)(H,13,16)(H,17,18)(H,20,21)/t6-,7-/m0/s1. The predicted octanol–water partition coefficient (Wildman–Crippen LogP) is -3.35. The summed E-state index contributed by atoms with van der Waals surface area (Å²) in [6.45, 7) is -0.624. The number of carbonyl (C=O) groups is 4. The maximum atomic E-state index is 11.8. The van der Waals surface area contributed by atoms with Crippen molar-refractivity contribution in [2.45, 2.75) is 24.9 Å². The molecular weight excluding hydrogens is 334 g/mol. The van der Waals surface area contributed by atoms with E-state index in [4.69, 9.17) is 15.3 Å². The van der Waals surface area contributed by atoms with Crippen LogP contribution < -0.4 is 16.1 Å². The highest BCUT2D eigenvalue weighted by atomic mass is 32.2. The van der Waals surface area contributed by atoms with Crippen LogP contribution in [0.3, 0.4) is 0 Å². The number of carbonyl (C=O) groups excluding carboxylic acids is 2. The fourth-order valence-electron chi connectivity index (χ4n) is 1.44. The second-order valence-electron chi connectivity index (χ2n) is 4.35. The van der Waals surface area contributed by atoms with Crippen LogP contribution >= 0.6 is 11.8 Å². The Kier molecular flexibility index (Phi) is 10.7. The zero-order valence-corrected chi connectivity index (χ0v) is 12.9. The Labute approximate surface area is 135 Å². The predicted molar refractivity (Wildman–Crippen MR) is 78.1 cm³/mol. The van der Waals surface area contributed by atoms with Gasteiger partial charge in [0.05, 0.1) is 5.94 Å². The summed E-state index contributed by atoms with van der Waals surface area (Å²) in [4.78, 5) is 44.5. The molecule has 0 aliphatic carbocycles. The van der Waals surface area contributed by atoms with E-state index in [1.165, 1.54) is 0 Å². The maximum absolute atomic E-state index is 11.8. The number of thioether (sulfide) groups is 1. The molecule has 0 heterocycles. The van der Waals surface area contributed by atoms with E-state index in [-0.39, 0.29) is 30.0 Å². The first-order valence-electron chi connectivity index (χ1n) is 6.47. The third kappa shape index (κ3) is 9.67. The largest absolute Gasteiger partial charge is 0.635 e. The van der Waals surface area contributed by atoms with Crippen LogP contribution in [0.25, 0.3) is 0 Å². The highest BCUT2D eigenvalue weighted by Crippen LogP contribution is 2.03. The lowest BCUT2D eigenvalue weighted by atomic mass is 10.1. The molecule has 0 saturated carbocycles. The van der Waals surface area contributed by atoms with Crippen LogP contribution in [0.15, 0.2) is 0 Å². The molecule has 2 amide bonds. The van der Waals surface area contributed by atoms with Gasteiger partial charge in [-0.25, -0.2) is 4.79 Å². The molecule has 12 heteroatoms. The molecule has 11 nitrogen and oxygen atoms in total. The second-order valence-corrected chi connectivity index (χ2v) is 5.35. The van der Waals surface area contributed by atoms with Gasteiger partial charge in [-0.05, 0) is 0 Å². The molecule has 7 N–H and O–H groups in total. The number of hydrogen-bond donors (Lipinski definition) is 6. The fourth-order valence-corrected chi connectivity index (χ4v) is 2.02. The van der Waals surface area contributed by atoms with Gasteiger partial charge in [-0.1, -0.05) is 0 Å². The first-order chi connectivity index (χ1) is 10.8. The highest BCUT2D eigenvalue weighted by Gasteiger charge is 2.23. The van der Waals surface area contributed by atoms with Gasteiger partial charge in [0.25, 0.3) is 0 Å². The highest BCUT2D eigenvalue weighted by molar-refractivity contribution is 7.99. The van der Waals surface area contributed by atoms with Crippen molar-refractivity contribution < 1.29 is 40.0 Å². The SMILES string of the molecule is O=C(O)CNC(=O)[C@H](CSCO)NC(=O)CC[C@H]([NH2+][O-])C(=O)O. The number of amides is 2. The minimum absolute atomic E-state index is 0.00370. The summed E-state index contributed by atoms with van der Waals surface area (Å²) in [5.74, 6) is -4.30. The van der Waals surface area contributed by atoms with Crippen molar-refractivity contribution in [2.75, 3.05) is 18.2 Å². The molecular formula is C11H19N3O8S. The van der Waals surface area contributed by atoms with Gasteiger partial charge in [0.1, 0.15) is 12.6 Å². The zero-order chi connectivity index (χ0) is 17.8. The number of carboxylic acids is 2. The van der Waals surface area contributed by atoms with Gasteiger partial charge in [0, 0.05) is 18.6 Å². The van der Waals surface area contributed by atoms with E-state index in [1.54, 1.807) is 0 Å². The van der Waals surface area contributed by atoms with E-state index < -0.39 is 42.4 Å². The molecule has 0 spiro atoms. The van der Waals surface area contributed by atoms with Crippen molar-refractivity contribution in [2.24, 2.45) is 0 Å². The fraction of sp³-hybridized carbons (Fsp3) is 0.636. The van der Waals surface area contributed by atoms with Gasteiger partial charge in [-0.2, -0.15) is 0 Å². The van der Waals surface area contributed by atoms with E-state index in [9.17, 15) is 24.4 Å². The molecule has 0 unspecified atom stereocenters. The lowest BCUT2D eigenvalue weighted by molar-refractivity contribution is -0.615. The summed E-state index contributed by atoms with van der Waals surface area (Å²) < 4.78 is 0. The third-order valence-corrected chi connectivity index (χ3v) is 3.36. The van der Waals surface area contributed by atoms with Crippen LogP contribution in [0.1, 0.15) is 12.8 Å². The van der Waals surface area contributed by atoms with Gasteiger partial charge in [-0.15, -0.1) is 11.8 Å². The molecule has 0 bridgehead atoms. The number of carboxylic acid groups (broad SMARTS) is 2. The monoisotopic (exact) mass is 353 g/mol. The average molecular weight is 353 g/mol. The van der Waals surface area contributed by atoms with Crippen molar-refractivity contribution in [3.8, 4) is 0 Å². The van der Waals surface area contributed by atoms with Crippen molar-refractivity contribution in [3.05, 3.63) is 5.21 Å². The molecule has 23 heavy (non-hydrogen) atoms. The van der Waals surface area contributed by atoms with Crippen LogP contribution in [-0.4, -0.2) is 69.4 Å². The summed E-state index contributed by atoms with van der Waals surface area (Å²) in [5, 5.41) is 40.8. The van der Waals surface area contributed by atoms with E-state index in [0.29, 0.717) is 0 Å². The molecule has 0 aromatic carbocycles. The second kappa shape index (κ2) is 11.6. The minimum atomic E-state index is -1.35. The molecule has 0 radical (unpaired) electrons. The smallest absolute Gasteiger partial charge is 0.362 e. The number of nitrogens with two attached hydrogens (primary N) is 1. The number of rotatable bonds is 12. The lowest BCUT2D eigenvalue weighted by Crippen LogP contribution is -2.86. The van der Waals surface area contributed by atoms with Gasteiger partial charge >= 0.3 is 11.9 Å². The van der Waals surface area contributed by atoms with Crippen molar-refractivity contribution in [3.63, 3.8) is 0 Å². The number of hydrogen-bond acceptors (Lipinski definition) is 7. The molecule has 132 valence electrons. The summed E-state index contributed by atoms with van der Waals surface area (Å²) in [6.07, 6.45) is -0.510. The van der Waals surface area contributed by atoms with Crippen LogP contribution in [0.5, 0.6) is 0 Å². The van der Waals surface area contributed by atoms with Gasteiger partial charge in [-0.3, -0.25) is 14.4 Å². The Balaban J connectivity index is 4.50. The van der Waals surface area contributed by atoms with E-state index >= 15 is 0 Å².